The van der Waals surface area contributed by atoms with Gasteiger partial charge in [0.15, 0.2) is 0 Å². The minimum absolute atomic E-state index is 0.104. The zero-order chi connectivity index (χ0) is 12.3. The van der Waals surface area contributed by atoms with Crippen molar-refractivity contribution < 1.29 is 9.59 Å². The lowest BCUT2D eigenvalue weighted by Crippen LogP contribution is -2.47. The van der Waals surface area contributed by atoms with Crippen molar-refractivity contribution in [3.8, 4) is 0 Å². The van der Waals surface area contributed by atoms with Gasteiger partial charge in [-0.2, -0.15) is 0 Å². The van der Waals surface area contributed by atoms with Gasteiger partial charge in [0.1, 0.15) is 0 Å². The first-order valence-electron chi connectivity index (χ1n) is 5.64. The van der Waals surface area contributed by atoms with Gasteiger partial charge in [0, 0.05) is 31.4 Å². The second kappa shape index (κ2) is 5.05. The normalized spacial score (nSPS) is 20.4. The second-order valence-corrected chi connectivity index (χ2v) is 4.22. The lowest BCUT2D eigenvalue weighted by molar-refractivity contribution is -0.146. The molecule has 1 aliphatic rings. The molecule has 1 atom stereocenters. The first kappa shape index (κ1) is 11.7. The summed E-state index contributed by atoms with van der Waals surface area (Å²) in [6.07, 6.45) is 4.46. The monoisotopic (exact) mass is 233 g/mol. The SMILES string of the molecule is NC1CCN(C(=O)Cc2ccncc2)C(=O)C1. The zero-order valence-electron chi connectivity index (χ0n) is 9.50. The zero-order valence-corrected chi connectivity index (χ0v) is 9.50. The molecule has 1 unspecified atom stereocenters. The number of rotatable bonds is 2. The summed E-state index contributed by atoms with van der Waals surface area (Å²) in [7, 11) is 0. The standard InChI is InChI=1S/C12H15N3O2/c13-10-3-6-15(12(17)8-10)11(16)7-9-1-4-14-5-2-9/h1-2,4-5,10H,3,6-8,13H2. The number of nitrogens with two attached hydrogens (primary N) is 1. The molecule has 17 heavy (non-hydrogen) atoms. The molecular weight excluding hydrogens is 218 g/mol. The molecule has 0 spiro atoms. The number of piperidine rings is 1. The lowest BCUT2D eigenvalue weighted by Gasteiger charge is -2.28. The van der Waals surface area contributed by atoms with E-state index in [9.17, 15) is 9.59 Å². The van der Waals surface area contributed by atoms with Crippen LogP contribution in [0.5, 0.6) is 0 Å². The molecule has 1 fully saturated rings. The number of hydrogen-bond acceptors (Lipinski definition) is 4. The summed E-state index contributed by atoms with van der Waals surface area (Å²) in [6, 6.07) is 3.45. The second-order valence-electron chi connectivity index (χ2n) is 4.22. The van der Waals surface area contributed by atoms with Crippen LogP contribution in [-0.2, 0) is 16.0 Å². The van der Waals surface area contributed by atoms with Crippen LogP contribution in [0.25, 0.3) is 0 Å². The van der Waals surface area contributed by atoms with Crippen LogP contribution in [0.3, 0.4) is 0 Å². The summed E-state index contributed by atoms with van der Waals surface area (Å²) in [5.74, 6) is -0.323. The number of amides is 2. The van der Waals surface area contributed by atoms with Gasteiger partial charge in [-0.15, -0.1) is 0 Å². The minimum Gasteiger partial charge on any atom is -0.327 e. The van der Waals surface area contributed by atoms with E-state index < -0.39 is 0 Å². The van der Waals surface area contributed by atoms with E-state index in [0.717, 1.165) is 5.56 Å². The highest BCUT2D eigenvalue weighted by atomic mass is 16.2. The third-order valence-electron chi connectivity index (χ3n) is 2.87. The summed E-state index contributed by atoms with van der Waals surface area (Å²) >= 11 is 0. The Balaban J connectivity index is 1.99. The Labute approximate surface area is 99.6 Å². The Morgan fingerprint density at radius 3 is 2.82 bits per heavy atom. The summed E-state index contributed by atoms with van der Waals surface area (Å²) in [6.45, 7) is 0.434. The van der Waals surface area contributed by atoms with Crippen molar-refractivity contribution >= 4 is 11.8 Å². The van der Waals surface area contributed by atoms with Crippen molar-refractivity contribution in [3.05, 3.63) is 30.1 Å². The predicted octanol–water partition coefficient (Wildman–Crippen LogP) is 0.100. The molecule has 1 aliphatic heterocycles. The summed E-state index contributed by atoms with van der Waals surface area (Å²) < 4.78 is 0. The lowest BCUT2D eigenvalue weighted by atomic mass is 10.0. The largest absolute Gasteiger partial charge is 0.327 e. The Kier molecular flexibility index (Phi) is 3.49. The van der Waals surface area contributed by atoms with Gasteiger partial charge < -0.3 is 5.73 Å². The maximum Gasteiger partial charge on any atom is 0.233 e. The van der Waals surface area contributed by atoms with Crippen molar-refractivity contribution in [2.24, 2.45) is 5.73 Å². The molecule has 90 valence electrons. The van der Waals surface area contributed by atoms with Crippen molar-refractivity contribution in [1.29, 1.82) is 0 Å². The molecule has 1 aromatic heterocycles. The molecule has 2 heterocycles. The minimum atomic E-state index is -0.164. The van der Waals surface area contributed by atoms with E-state index in [2.05, 4.69) is 4.98 Å². The number of aromatic nitrogens is 1. The van der Waals surface area contributed by atoms with Crippen LogP contribution in [0.15, 0.2) is 24.5 Å². The van der Waals surface area contributed by atoms with Gasteiger partial charge in [0.25, 0.3) is 0 Å². The van der Waals surface area contributed by atoms with Crippen molar-refractivity contribution in [2.75, 3.05) is 6.54 Å². The number of likely N-dealkylation sites (tertiary alicyclic amines) is 1. The molecule has 2 amide bonds. The number of hydrogen-bond donors (Lipinski definition) is 1. The van der Waals surface area contributed by atoms with Crippen LogP contribution in [0.4, 0.5) is 0 Å². The maximum absolute atomic E-state index is 11.9. The molecule has 1 saturated heterocycles. The van der Waals surface area contributed by atoms with Crippen molar-refractivity contribution in [3.63, 3.8) is 0 Å². The third-order valence-corrected chi connectivity index (χ3v) is 2.87. The first-order chi connectivity index (χ1) is 8.16. The Bertz CT molecular complexity index is 419. The third kappa shape index (κ3) is 2.88. The topological polar surface area (TPSA) is 76.3 Å². The number of carbonyl (C=O) groups excluding carboxylic acids is 2. The summed E-state index contributed by atoms with van der Waals surface area (Å²) in [4.78, 5) is 28.8. The molecule has 0 radical (unpaired) electrons. The van der Waals surface area contributed by atoms with Gasteiger partial charge in [-0.1, -0.05) is 0 Å². The molecule has 2 N–H and O–H groups in total. The van der Waals surface area contributed by atoms with E-state index in [4.69, 9.17) is 5.73 Å². The van der Waals surface area contributed by atoms with Crippen LogP contribution in [0.2, 0.25) is 0 Å². The average Bonchev–Trinajstić information content (AvgIpc) is 2.30. The number of nitrogens with zero attached hydrogens (tertiary/aromatic N) is 2. The van der Waals surface area contributed by atoms with Crippen LogP contribution in [0, 0.1) is 0 Å². The average molecular weight is 233 g/mol. The van der Waals surface area contributed by atoms with E-state index in [1.54, 1.807) is 24.5 Å². The summed E-state index contributed by atoms with van der Waals surface area (Å²) in [5, 5.41) is 0. The van der Waals surface area contributed by atoms with Gasteiger partial charge in [-0.3, -0.25) is 19.5 Å². The molecular formula is C12H15N3O2. The van der Waals surface area contributed by atoms with Crippen molar-refractivity contribution in [2.45, 2.75) is 25.3 Å². The maximum atomic E-state index is 11.9. The fourth-order valence-corrected chi connectivity index (χ4v) is 1.89. The van der Waals surface area contributed by atoms with Gasteiger partial charge in [-0.25, -0.2) is 0 Å². The summed E-state index contributed by atoms with van der Waals surface area (Å²) in [5.41, 5.74) is 6.54. The van der Waals surface area contributed by atoms with E-state index in [1.807, 2.05) is 0 Å². The molecule has 0 aromatic carbocycles. The Morgan fingerprint density at radius 1 is 1.47 bits per heavy atom. The quantitative estimate of drug-likeness (QED) is 0.786. The van der Waals surface area contributed by atoms with Crippen molar-refractivity contribution in [1.82, 2.24) is 9.88 Å². The van der Waals surface area contributed by atoms with E-state index in [1.165, 1.54) is 4.90 Å². The van der Waals surface area contributed by atoms with E-state index in [-0.39, 0.29) is 30.7 Å². The highest BCUT2D eigenvalue weighted by Crippen LogP contribution is 2.12. The van der Waals surface area contributed by atoms with E-state index in [0.29, 0.717) is 13.0 Å². The molecule has 0 saturated carbocycles. The highest BCUT2D eigenvalue weighted by Gasteiger charge is 2.27. The predicted molar refractivity (Wildman–Crippen MR) is 61.9 cm³/mol. The number of pyridine rings is 1. The van der Waals surface area contributed by atoms with Crippen LogP contribution >= 0.6 is 0 Å². The van der Waals surface area contributed by atoms with E-state index >= 15 is 0 Å². The molecule has 0 bridgehead atoms. The Hall–Kier alpha value is -1.75. The number of imide groups is 1. The van der Waals surface area contributed by atoms with Gasteiger partial charge in [0.2, 0.25) is 11.8 Å². The molecule has 0 aliphatic carbocycles. The molecule has 2 rings (SSSR count). The Morgan fingerprint density at radius 2 is 2.18 bits per heavy atom. The van der Waals surface area contributed by atoms with Gasteiger partial charge >= 0.3 is 0 Å². The fourth-order valence-electron chi connectivity index (χ4n) is 1.89. The smallest absolute Gasteiger partial charge is 0.233 e. The van der Waals surface area contributed by atoms with Crippen LogP contribution in [-0.4, -0.2) is 34.3 Å². The van der Waals surface area contributed by atoms with Gasteiger partial charge in [0.05, 0.1) is 6.42 Å². The fraction of sp³-hybridized carbons (Fsp3) is 0.417. The molecule has 5 nitrogen and oxygen atoms in total. The van der Waals surface area contributed by atoms with Gasteiger partial charge in [-0.05, 0) is 24.1 Å². The van der Waals surface area contributed by atoms with Crippen LogP contribution in [0.1, 0.15) is 18.4 Å². The first-order valence-corrected chi connectivity index (χ1v) is 5.64. The molecule has 1 aromatic rings. The van der Waals surface area contributed by atoms with Crippen LogP contribution < -0.4 is 5.73 Å². The number of carbonyl (C=O) groups is 2. The molecule has 5 heteroatoms. The highest BCUT2D eigenvalue weighted by molar-refractivity contribution is 5.96.